The van der Waals surface area contributed by atoms with Gasteiger partial charge in [-0.2, -0.15) is 0 Å². The van der Waals surface area contributed by atoms with Crippen LogP contribution in [0, 0.1) is 6.92 Å². The lowest BCUT2D eigenvalue weighted by Gasteiger charge is -2.06. The second kappa shape index (κ2) is 6.35. The molecule has 3 aromatic rings. The zero-order chi connectivity index (χ0) is 15.4. The van der Waals surface area contributed by atoms with Gasteiger partial charge in [0.1, 0.15) is 23.7 Å². The minimum Gasteiger partial charge on any atom is -0.482 e. The maximum absolute atomic E-state index is 11.7. The lowest BCUT2D eigenvalue weighted by atomic mass is 10.2. The first-order chi connectivity index (χ1) is 10.7. The Labute approximate surface area is 128 Å². The molecule has 0 spiro atoms. The summed E-state index contributed by atoms with van der Waals surface area (Å²) in [7, 11) is 0. The highest BCUT2D eigenvalue weighted by molar-refractivity contribution is 5.77. The Morgan fingerprint density at radius 2 is 1.86 bits per heavy atom. The van der Waals surface area contributed by atoms with Crippen molar-refractivity contribution < 1.29 is 18.7 Å². The van der Waals surface area contributed by atoms with Crippen LogP contribution in [0.15, 0.2) is 59.0 Å². The van der Waals surface area contributed by atoms with Gasteiger partial charge < -0.3 is 13.9 Å². The molecule has 112 valence electrons. The predicted octanol–water partition coefficient (Wildman–Crippen LogP) is 3.86. The van der Waals surface area contributed by atoms with Crippen molar-refractivity contribution in [2.45, 2.75) is 13.5 Å². The van der Waals surface area contributed by atoms with Crippen LogP contribution in [-0.4, -0.2) is 12.6 Å². The van der Waals surface area contributed by atoms with Gasteiger partial charge in [-0.3, -0.25) is 0 Å². The second-order valence-electron chi connectivity index (χ2n) is 5.01. The fourth-order valence-corrected chi connectivity index (χ4v) is 2.08. The Morgan fingerprint density at radius 1 is 1.09 bits per heavy atom. The number of fused-ring (bicyclic) bond motifs is 1. The average molecular weight is 296 g/mol. The summed E-state index contributed by atoms with van der Waals surface area (Å²) in [5.41, 5.74) is 1.92. The van der Waals surface area contributed by atoms with Gasteiger partial charge in [0.2, 0.25) is 0 Å². The summed E-state index contributed by atoms with van der Waals surface area (Å²) in [6, 6.07) is 17.0. The molecule has 0 unspecified atom stereocenters. The third-order valence-corrected chi connectivity index (χ3v) is 3.23. The maximum Gasteiger partial charge on any atom is 0.344 e. The van der Waals surface area contributed by atoms with Crippen LogP contribution >= 0.6 is 0 Å². The van der Waals surface area contributed by atoms with Crippen molar-refractivity contribution >= 4 is 16.9 Å². The van der Waals surface area contributed by atoms with E-state index in [-0.39, 0.29) is 13.2 Å². The monoisotopic (exact) mass is 296 g/mol. The number of aryl methyl sites for hydroxylation is 1. The summed E-state index contributed by atoms with van der Waals surface area (Å²) in [4.78, 5) is 11.7. The van der Waals surface area contributed by atoms with E-state index in [9.17, 15) is 4.79 Å². The standard InChI is InChI=1S/C18H16O4/c1-13-6-8-15(9-7-13)20-12-18(19)21-11-16-10-14-4-2-3-5-17(14)22-16/h2-10H,11-12H2,1H3. The summed E-state index contributed by atoms with van der Waals surface area (Å²) >= 11 is 0. The summed E-state index contributed by atoms with van der Waals surface area (Å²) in [5.74, 6) is 0.831. The van der Waals surface area contributed by atoms with Crippen LogP contribution < -0.4 is 4.74 Å². The summed E-state index contributed by atoms with van der Waals surface area (Å²) in [6.45, 7) is 1.97. The van der Waals surface area contributed by atoms with E-state index in [0.717, 1.165) is 16.5 Å². The molecule has 0 N–H and O–H groups in total. The van der Waals surface area contributed by atoms with Gasteiger partial charge in [-0.15, -0.1) is 0 Å². The minimum absolute atomic E-state index is 0.102. The number of esters is 1. The zero-order valence-corrected chi connectivity index (χ0v) is 12.2. The molecule has 0 amide bonds. The van der Waals surface area contributed by atoms with E-state index in [1.807, 2.05) is 61.5 Å². The molecule has 0 bridgehead atoms. The Balaban J connectivity index is 1.50. The highest BCUT2D eigenvalue weighted by Crippen LogP contribution is 2.19. The van der Waals surface area contributed by atoms with E-state index in [1.165, 1.54) is 0 Å². The van der Waals surface area contributed by atoms with Crippen LogP contribution in [-0.2, 0) is 16.1 Å². The van der Waals surface area contributed by atoms with Gasteiger partial charge in [0.05, 0.1) is 0 Å². The number of rotatable bonds is 5. The Bertz CT molecular complexity index is 738. The third kappa shape index (κ3) is 3.47. The number of carbonyl (C=O) groups excluding carboxylic acids is 1. The molecule has 2 aromatic carbocycles. The number of hydrogen-bond acceptors (Lipinski definition) is 4. The van der Waals surface area contributed by atoms with Crippen molar-refractivity contribution in [2.75, 3.05) is 6.61 Å². The van der Waals surface area contributed by atoms with Gasteiger partial charge >= 0.3 is 5.97 Å². The summed E-state index contributed by atoms with van der Waals surface area (Å²) in [5, 5.41) is 0.990. The molecule has 0 saturated heterocycles. The molecule has 4 heteroatoms. The number of hydrogen-bond donors (Lipinski definition) is 0. The molecule has 1 heterocycles. The molecule has 0 fully saturated rings. The van der Waals surface area contributed by atoms with Gasteiger partial charge in [0, 0.05) is 5.39 Å². The van der Waals surface area contributed by atoms with Crippen molar-refractivity contribution in [1.82, 2.24) is 0 Å². The summed E-state index contributed by atoms with van der Waals surface area (Å²) in [6.07, 6.45) is 0. The van der Waals surface area contributed by atoms with E-state index >= 15 is 0 Å². The number of para-hydroxylation sites is 1. The van der Waals surface area contributed by atoms with E-state index in [0.29, 0.717) is 11.5 Å². The molecule has 4 nitrogen and oxygen atoms in total. The fraction of sp³-hybridized carbons (Fsp3) is 0.167. The zero-order valence-electron chi connectivity index (χ0n) is 12.2. The highest BCUT2D eigenvalue weighted by Gasteiger charge is 2.08. The largest absolute Gasteiger partial charge is 0.482 e. The predicted molar refractivity (Wildman–Crippen MR) is 82.7 cm³/mol. The van der Waals surface area contributed by atoms with Gasteiger partial charge in [0.15, 0.2) is 6.61 Å². The van der Waals surface area contributed by atoms with E-state index in [2.05, 4.69) is 0 Å². The van der Waals surface area contributed by atoms with Gasteiger partial charge in [-0.1, -0.05) is 35.9 Å². The van der Waals surface area contributed by atoms with E-state index < -0.39 is 5.97 Å². The molecule has 0 atom stereocenters. The molecular formula is C18H16O4. The quantitative estimate of drug-likeness (QED) is 0.671. The Hall–Kier alpha value is -2.75. The molecule has 22 heavy (non-hydrogen) atoms. The molecule has 1 aromatic heterocycles. The van der Waals surface area contributed by atoms with Crippen LogP contribution in [0.5, 0.6) is 5.75 Å². The highest BCUT2D eigenvalue weighted by atomic mass is 16.6. The first-order valence-electron chi connectivity index (χ1n) is 7.03. The first-order valence-corrected chi connectivity index (χ1v) is 7.03. The van der Waals surface area contributed by atoms with E-state index in [4.69, 9.17) is 13.9 Å². The normalized spacial score (nSPS) is 10.6. The molecular weight excluding hydrogens is 280 g/mol. The van der Waals surface area contributed by atoms with Crippen LogP contribution in [0.1, 0.15) is 11.3 Å². The molecule has 0 saturated carbocycles. The smallest absolute Gasteiger partial charge is 0.344 e. The van der Waals surface area contributed by atoms with Gasteiger partial charge in [-0.25, -0.2) is 4.79 Å². The topological polar surface area (TPSA) is 48.7 Å². The van der Waals surface area contributed by atoms with Crippen molar-refractivity contribution in [1.29, 1.82) is 0 Å². The fourth-order valence-electron chi connectivity index (χ4n) is 2.08. The lowest BCUT2D eigenvalue weighted by Crippen LogP contribution is -2.14. The number of ether oxygens (including phenoxy) is 2. The van der Waals surface area contributed by atoms with Crippen LogP contribution in [0.25, 0.3) is 11.0 Å². The molecule has 0 aliphatic rings. The lowest BCUT2D eigenvalue weighted by molar-refractivity contribution is -0.147. The van der Waals surface area contributed by atoms with Crippen molar-refractivity contribution in [3.05, 3.63) is 65.9 Å². The maximum atomic E-state index is 11.7. The minimum atomic E-state index is -0.430. The van der Waals surface area contributed by atoms with Crippen molar-refractivity contribution in [3.8, 4) is 5.75 Å². The van der Waals surface area contributed by atoms with E-state index in [1.54, 1.807) is 0 Å². The summed E-state index contributed by atoms with van der Waals surface area (Å²) < 4.78 is 16.1. The average Bonchev–Trinajstić information content (AvgIpc) is 2.95. The molecule has 0 aliphatic carbocycles. The second-order valence-corrected chi connectivity index (χ2v) is 5.01. The van der Waals surface area contributed by atoms with Crippen molar-refractivity contribution in [3.63, 3.8) is 0 Å². The Morgan fingerprint density at radius 3 is 2.64 bits per heavy atom. The van der Waals surface area contributed by atoms with Gasteiger partial charge in [-0.05, 0) is 31.2 Å². The van der Waals surface area contributed by atoms with Gasteiger partial charge in [0.25, 0.3) is 0 Å². The van der Waals surface area contributed by atoms with Crippen molar-refractivity contribution in [2.24, 2.45) is 0 Å². The molecule has 3 rings (SSSR count). The number of furan rings is 1. The third-order valence-electron chi connectivity index (χ3n) is 3.23. The number of benzene rings is 2. The number of carbonyl (C=O) groups is 1. The van der Waals surface area contributed by atoms with Crippen LogP contribution in [0.3, 0.4) is 0 Å². The molecule has 0 aliphatic heterocycles. The van der Waals surface area contributed by atoms with Crippen LogP contribution in [0.2, 0.25) is 0 Å². The van der Waals surface area contributed by atoms with Crippen LogP contribution in [0.4, 0.5) is 0 Å². The Kier molecular flexibility index (Phi) is 4.10. The molecule has 0 radical (unpaired) electrons. The first kappa shape index (κ1) is 14.2. The SMILES string of the molecule is Cc1ccc(OCC(=O)OCc2cc3ccccc3o2)cc1.